The maximum absolute atomic E-state index is 12.5. The van der Waals surface area contributed by atoms with Crippen molar-refractivity contribution >= 4 is 38.7 Å². The minimum absolute atomic E-state index is 0.245. The molecule has 8 nitrogen and oxygen atoms in total. The summed E-state index contributed by atoms with van der Waals surface area (Å²) in [6, 6.07) is 7.55. The van der Waals surface area contributed by atoms with E-state index in [0.717, 1.165) is 21.3 Å². The molecule has 150 valence electrons. The van der Waals surface area contributed by atoms with Gasteiger partial charge < -0.3 is 14.7 Å². The van der Waals surface area contributed by atoms with E-state index < -0.39 is 5.97 Å². The molecule has 1 aromatic carbocycles. The molecule has 0 aliphatic carbocycles. The Hall–Kier alpha value is -3.20. The summed E-state index contributed by atoms with van der Waals surface area (Å²) in [5.74, 6) is -0.476. The molecular weight excluding hydrogens is 392 g/mol. The summed E-state index contributed by atoms with van der Waals surface area (Å²) in [5.41, 5.74) is 2.72. The molecule has 3 heterocycles. The number of methoxy groups -OCH3 is 1. The van der Waals surface area contributed by atoms with Crippen molar-refractivity contribution in [1.82, 2.24) is 14.9 Å². The highest BCUT2D eigenvalue weighted by molar-refractivity contribution is 7.22. The molecule has 2 N–H and O–H groups in total. The zero-order chi connectivity index (χ0) is 20.4. The zero-order valence-corrected chi connectivity index (χ0v) is 16.6. The third-order valence-electron chi connectivity index (χ3n) is 5.02. The van der Waals surface area contributed by atoms with Gasteiger partial charge in [-0.25, -0.2) is 9.78 Å². The summed E-state index contributed by atoms with van der Waals surface area (Å²) in [5, 5.41) is 12.4. The van der Waals surface area contributed by atoms with Gasteiger partial charge in [-0.3, -0.25) is 15.1 Å². The number of piperidine rings is 1. The van der Waals surface area contributed by atoms with Crippen LogP contribution in [0.2, 0.25) is 0 Å². The van der Waals surface area contributed by atoms with Crippen molar-refractivity contribution in [1.29, 1.82) is 0 Å². The number of hydrogen-bond donors (Lipinski definition) is 2. The SMILES string of the molecule is COc1cncc(-c2ccc3nc(NC(=O)N4CCC(C(=O)O)CC4)sc3c2)c1. The lowest BCUT2D eigenvalue weighted by Gasteiger charge is -2.29. The Balaban J connectivity index is 1.48. The van der Waals surface area contributed by atoms with Crippen molar-refractivity contribution < 1.29 is 19.4 Å². The average molecular weight is 412 g/mol. The number of carbonyl (C=O) groups excluding carboxylic acids is 1. The Morgan fingerprint density at radius 2 is 2.00 bits per heavy atom. The first-order valence-electron chi connectivity index (χ1n) is 9.22. The Labute approximate surface area is 171 Å². The molecular formula is C20H20N4O4S. The number of fused-ring (bicyclic) bond motifs is 1. The molecule has 1 fully saturated rings. The van der Waals surface area contributed by atoms with E-state index in [-0.39, 0.29) is 11.9 Å². The van der Waals surface area contributed by atoms with E-state index in [0.29, 0.717) is 36.8 Å². The molecule has 0 bridgehead atoms. The van der Waals surface area contributed by atoms with E-state index in [1.807, 2.05) is 24.3 Å². The smallest absolute Gasteiger partial charge is 0.323 e. The van der Waals surface area contributed by atoms with E-state index in [1.54, 1.807) is 24.4 Å². The van der Waals surface area contributed by atoms with Gasteiger partial charge in [0, 0.05) is 24.8 Å². The summed E-state index contributed by atoms with van der Waals surface area (Å²) in [7, 11) is 1.60. The minimum atomic E-state index is -0.793. The molecule has 3 aromatic rings. The molecule has 4 rings (SSSR count). The first-order chi connectivity index (χ1) is 14.0. The topological polar surface area (TPSA) is 105 Å². The van der Waals surface area contributed by atoms with Gasteiger partial charge in [-0.05, 0) is 36.6 Å². The summed E-state index contributed by atoms with van der Waals surface area (Å²) < 4.78 is 6.18. The number of urea groups is 1. The largest absolute Gasteiger partial charge is 0.495 e. The number of amides is 2. The van der Waals surface area contributed by atoms with Crippen molar-refractivity contribution in [2.75, 3.05) is 25.5 Å². The monoisotopic (exact) mass is 412 g/mol. The van der Waals surface area contributed by atoms with E-state index in [4.69, 9.17) is 9.84 Å². The lowest BCUT2D eigenvalue weighted by Crippen LogP contribution is -2.42. The lowest BCUT2D eigenvalue weighted by atomic mass is 9.97. The predicted molar refractivity (Wildman–Crippen MR) is 110 cm³/mol. The number of anilines is 1. The number of ether oxygens (including phenoxy) is 1. The first kappa shape index (κ1) is 19.1. The van der Waals surface area contributed by atoms with Crippen LogP contribution < -0.4 is 10.1 Å². The third-order valence-corrected chi connectivity index (χ3v) is 5.95. The van der Waals surface area contributed by atoms with Gasteiger partial charge in [0.1, 0.15) is 5.75 Å². The highest BCUT2D eigenvalue weighted by atomic mass is 32.1. The summed E-state index contributed by atoms with van der Waals surface area (Å²) >= 11 is 1.40. The molecule has 29 heavy (non-hydrogen) atoms. The van der Waals surface area contributed by atoms with Crippen LogP contribution in [0.25, 0.3) is 21.3 Å². The van der Waals surface area contributed by atoms with Crippen molar-refractivity contribution in [3.63, 3.8) is 0 Å². The van der Waals surface area contributed by atoms with Crippen LogP contribution in [0.15, 0.2) is 36.7 Å². The Morgan fingerprint density at radius 3 is 2.72 bits per heavy atom. The Bertz CT molecular complexity index is 1060. The van der Waals surface area contributed by atoms with Gasteiger partial charge >= 0.3 is 12.0 Å². The van der Waals surface area contributed by atoms with Gasteiger partial charge in [-0.15, -0.1) is 0 Å². The lowest BCUT2D eigenvalue weighted by molar-refractivity contribution is -0.143. The second-order valence-electron chi connectivity index (χ2n) is 6.84. The molecule has 1 aliphatic heterocycles. The number of aliphatic carboxylic acids is 1. The number of likely N-dealkylation sites (tertiary alicyclic amines) is 1. The minimum Gasteiger partial charge on any atom is -0.495 e. The zero-order valence-electron chi connectivity index (χ0n) is 15.8. The van der Waals surface area contributed by atoms with Gasteiger partial charge in [0.25, 0.3) is 0 Å². The van der Waals surface area contributed by atoms with Crippen LogP contribution in [0.3, 0.4) is 0 Å². The van der Waals surface area contributed by atoms with Crippen LogP contribution in [0.4, 0.5) is 9.93 Å². The second kappa shape index (κ2) is 8.04. The molecule has 0 radical (unpaired) electrons. The maximum Gasteiger partial charge on any atom is 0.323 e. The quantitative estimate of drug-likeness (QED) is 0.677. The van der Waals surface area contributed by atoms with E-state index in [9.17, 15) is 9.59 Å². The standard InChI is InChI=1S/C20H20N4O4S/c1-28-15-8-14(10-21-11-15)13-2-3-16-17(9-13)29-19(22-16)23-20(27)24-6-4-12(5-7-24)18(25)26/h2-3,8-12H,4-7H2,1H3,(H,25,26)(H,22,23,27). The fraction of sp³-hybridized carbons (Fsp3) is 0.300. The molecule has 2 aromatic heterocycles. The van der Waals surface area contributed by atoms with Crippen molar-refractivity contribution in [2.45, 2.75) is 12.8 Å². The number of carboxylic acid groups (broad SMARTS) is 1. The van der Waals surface area contributed by atoms with Crippen LogP contribution >= 0.6 is 11.3 Å². The van der Waals surface area contributed by atoms with E-state index >= 15 is 0 Å². The highest BCUT2D eigenvalue weighted by Crippen LogP contribution is 2.31. The van der Waals surface area contributed by atoms with Crippen LogP contribution in [-0.4, -0.2) is 52.2 Å². The number of carbonyl (C=O) groups is 2. The Morgan fingerprint density at radius 1 is 1.21 bits per heavy atom. The van der Waals surface area contributed by atoms with Crippen LogP contribution in [0, 0.1) is 5.92 Å². The summed E-state index contributed by atoms with van der Waals surface area (Å²) in [6.45, 7) is 0.862. The third kappa shape index (κ3) is 4.14. The number of nitrogens with one attached hydrogen (secondary N) is 1. The van der Waals surface area contributed by atoms with Crippen LogP contribution in [-0.2, 0) is 4.79 Å². The number of hydrogen-bond acceptors (Lipinski definition) is 6. The molecule has 0 spiro atoms. The molecule has 1 saturated heterocycles. The van der Waals surface area contributed by atoms with Gasteiger partial charge in [0.15, 0.2) is 5.13 Å². The number of benzene rings is 1. The normalized spacial score (nSPS) is 14.7. The fourth-order valence-electron chi connectivity index (χ4n) is 3.35. The number of thiazole rings is 1. The molecule has 9 heteroatoms. The van der Waals surface area contributed by atoms with Crippen LogP contribution in [0.1, 0.15) is 12.8 Å². The van der Waals surface area contributed by atoms with Gasteiger partial charge in [0.2, 0.25) is 0 Å². The van der Waals surface area contributed by atoms with Gasteiger partial charge in [-0.2, -0.15) is 0 Å². The molecule has 0 unspecified atom stereocenters. The summed E-state index contributed by atoms with van der Waals surface area (Å²) in [6.07, 6.45) is 4.37. The molecule has 2 amide bonds. The Kier molecular flexibility index (Phi) is 5.30. The average Bonchev–Trinajstić information content (AvgIpc) is 3.15. The molecule has 0 atom stereocenters. The number of aromatic nitrogens is 2. The maximum atomic E-state index is 12.5. The fourth-order valence-corrected chi connectivity index (χ4v) is 4.24. The van der Waals surface area contributed by atoms with Crippen molar-refractivity contribution in [2.24, 2.45) is 5.92 Å². The van der Waals surface area contributed by atoms with Gasteiger partial charge in [-0.1, -0.05) is 17.4 Å². The van der Waals surface area contributed by atoms with Crippen LogP contribution in [0.5, 0.6) is 5.75 Å². The van der Waals surface area contributed by atoms with Crippen molar-refractivity contribution in [3.8, 4) is 16.9 Å². The van der Waals surface area contributed by atoms with Crippen molar-refractivity contribution in [3.05, 3.63) is 36.7 Å². The molecule has 1 aliphatic rings. The second-order valence-corrected chi connectivity index (χ2v) is 7.88. The molecule has 0 saturated carbocycles. The number of carboxylic acids is 1. The first-order valence-corrected chi connectivity index (χ1v) is 10.0. The number of nitrogens with zero attached hydrogens (tertiary/aromatic N) is 3. The number of pyridine rings is 1. The predicted octanol–water partition coefficient (Wildman–Crippen LogP) is 3.70. The van der Waals surface area contributed by atoms with E-state index in [1.165, 1.54) is 11.3 Å². The highest BCUT2D eigenvalue weighted by Gasteiger charge is 2.27. The number of rotatable bonds is 4. The van der Waals surface area contributed by atoms with E-state index in [2.05, 4.69) is 15.3 Å². The van der Waals surface area contributed by atoms with Gasteiger partial charge in [0.05, 0.1) is 29.4 Å². The summed E-state index contributed by atoms with van der Waals surface area (Å²) in [4.78, 5) is 33.9.